The zero-order valence-corrected chi connectivity index (χ0v) is 14.6. The number of nitrogens with zero attached hydrogens (tertiary/aromatic N) is 5. The number of guanidine groups is 1. The first-order chi connectivity index (χ1) is 12.3. The Morgan fingerprint density at radius 1 is 1.28 bits per heavy atom. The molecule has 1 unspecified atom stereocenters. The lowest BCUT2D eigenvalue weighted by molar-refractivity contribution is 0.108. The Bertz CT molecular complexity index is 827. The van der Waals surface area contributed by atoms with Gasteiger partial charge in [0.15, 0.2) is 5.13 Å². The molecule has 2 aliphatic heterocycles. The second-order valence-corrected chi connectivity index (χ2v) is 7.26. The molecule has 7 heteroatoms. The largest absolute Gasteiger partial charge is 0.393 e. The first kappa shape index (κ1) is 16.1. The number of benzene rings is 1. The summed E-state index contributed by atoms with van der Waals surface area (Å²) < 4.78 is 1.12. The third-order valence-corrected chi connectivity index (χ3v) is 5.62. The van der Waals surface area contributed by atoms with Crippen LogP contribution in [-0.4, -0.2) is 46.2 Å². The van der Waals surface area contributed by atoms with E-state index in [1.165, 1.54) is 0 Å². The second-order valence-electron chi connectivity index (χ2n) is 6.25. The van der Waals surface area contributed by atoms with Crippen LogP contribution in [0.1, 0.15) is 19.3 Å². The number of hydrogen-bond donors (Lipinski definition) is 1. The molecule has 0 bridgehead atoms. The van der Waals surface area contributed by atoms with E-state index in [1.807, 2.05) is 24.3 Å². The predicted molar refractivity (Wildman–Crippen MR) is 99.5 cm³/mol. The van der Waals surface area contributed by atoms with Crippen molar-refractivity contribution >= 4 is 32.6 Å². The fourth-order valence-corrected chi connectivity index (χ4v) is 4.27. The quantitative estimate of drug-likeness (QED) is 0.898. The van der Waals surface area contributed by atoms with E-state index in [9.17, 15) is 10.4 Å². The smallest absolute Gasteiger partial charge is 0.208 e. The molecule has 0 aliphatic carbocycles. The average molecular weight is 353 g/mol. The number of thiazole rings is 1. The molecule has 0 spiro atoms. The summed E-state index contributed by atoms with van der Waals surface area (Å²) in [5.74, 6) is 0.828. The number of para-hydroxylation sites is 1. The lowest BCUT2D eigenvalue weighted by Crippen LogP contribution is -2.52. The minimum atomic E-state index is -0.234. The molecule has 128 valence electrons. The van der Waals surface area contributed by atoms with Crippen molar-refractivity contribution < 1.29 is 5.11 Å². The van der Waals surface area contributed by atoms with Gasteiger partial charge in [-0.1, -0.05) is 23.5 Å². The molecule has 0 amide bonds. The van der Waals surface area contributed by atoms with Crippen LogP contribution in [0, 0.1) is 11.3 Å². The minimum Gasteiger partial charge on any atom is -0.393 e. The van der Waals surface area contributed by atoms with Gasteiger partial charge in [-0.15, -0.1) is 0 Å². The van der Waals surface area contributed by atoms with Crippen LogP contribution in [0.25, 0.3) is 10.2 Å². The van der Waals surface area contributed by atoms with Gasteiger partial charge in [0.25, 0.3) is 0 Å². The summed E-state index contributed by atoms with van der Waals surface area (Å²) in [5.41, 5.74) is 0.959. The van der Waals surface area contributed by atoms with E-state index in [4.69, 9.17) is 4.98 Å². The molecule has 2 aromatic rings. The molecule has 4 rings (SSSR count). The molecular formula is C18H19N5OS. The molecule has 1 aromatic heterocycles. The Kier molecular flexibility index (Phi) is 4.38. The van der Waals surface area contributed by atoms with Crippen LogP contribution in [0.3, 0.4) is 0 Å². The third kappa shape index (κ3) is 3.11. The van der Waals surface area contributed by atoms with Crippen molar-refractivity contribution in [2.24, 2.45) is 4.99 Å². The van der Waals surface area contributed by atoms with E-state index in [2.05, 4.69) is 26.9 Å². The van der Waals surface area contributed by atoms with Crippen LogP contribution in [0.2, 0.25) is 0 Å². The molecule has 3 heterocycles. The Morgan fingerprint density at radius 3 is 2.84 bits per heavy atom. The van der Waals surface area contributed by atoms with E-state index in [0.717, 1.165) is 47.2 Å². The van der Waals surface area contributed by atoms with E-state index < -0.39 is 0 Å². The summed E-state index contributed by atoms with van der Waals surface area (Å²) in [4.78, 5) is 13.6. The van der Waals surface area contributed by atoms with Gasteiger partial charge < -0.3 is 10.0 Å². The highest BCUT2D eigenvalue weighted by atomic mass is 32.1. The summed E-state index contributed by atoms with van der Waals surface area (Å²) in [6, 6.07) is 10.2. The fraction of sp³-hybridized carbons (Fsp3) is 0.389. The van der Waals surface area contributed by atoms with Crippen LogP contribution in [0.4, 0.5) is 5.13 Å². The van der Waals surface area contributed by atoms with Crippen molar-refractivity contribution in [3.8, 4) is 6.07 Å². The number of aliphatic imine (C=N–C) groups is 1. The van der Waals surface area contributed by atoms with Crippen LogP contribution in [0.15, 0.2) is 41.5 Å². The van der Waals surface area contributed by atoms with Crippen molar-refractivity contribution in [2.75, 3.05) is 18.0 Å². The molecule has 1 fully saturated rings. The summed E-state index contributed by atoms with van der Waals surface area (Å²) in [6.45, 7) is 1.52. The van der Waals surface area contributed by atoms with Gasteiger partial charge in [0.05, 0.1) is 34.9 Å². The molecule has 6 nitrogen and oxygen atoms in total. The summed E-state index contributed by atoms with van der Waals surface area (Å²) in [5, 5.41) is 19.9. The molecule has 1 aromatic carbocycles. The Balaban J connectivity index is 1.72. The van der Waals surface area contributed by atoms with Gasteiger partial charge in [0, 0.05) is 19.3 Å². The van der Waals surface area contributed by atoms with Gasteiger partial charge in [-0.05, 0) is 31.1 Å². The predicted octanol–water partition coefficient (Wildman–Crippen LogP) is 2.72. The maximum atomic E-state index is 9.79. The van der Waals surface area contributed by atoms with Gasteiger partial charge in [-0.2, -0.15) is 5.26 Å². The zero-order valence-electron chi connectivity index (χ0n) is 13.7. The van der Waals surface area contributed by atoms with E-state index >= 15 is 0 Å². The number of nitriles is 1. The Hall–Kier alpha value is -2.43. The van der Waals surface area contributed by atoms with Gasteiger partial charge in [-0.3, -0.25) is 4.90 Å². The molecule has 1 N–H and O–H groups in total. The normalized spacial score (nSPS) is 21.4. The van der Waals surface area contributed by atoms with Crippen molar-refractivity contribution in [3.05, 3.63) is 36.5 Å². The standard InChI is InChI=1S/C18H19N5OS/c19-9-5-13-6-10-20-17(22-11-7-14(24)8-12-22)23(13)18-21-15-3-1-2-4-16(15)25-18/h1-4,6,10,13-14,24H,5,7-8,11-12H2. The van der Waals surface area contributed by atoms with Gasteiger partial charge >= 0.3 is 0 Å². The number of piperidine rings is 1. The minimum absolute atomic E-state index is 0.0788. The Morgan fingerprint density at radius 2 is 2.08 bits per heavy atom. The lowest BCUT2D eigenvalue weighted by atomic mass is 10.1. The van der Waals surface area contributed by atoms with Gasteiger partial charge in [0.1, 0.15) is 0 Å². The highest BCUT2D eigenvalue weighted by Gasteiger charge is 2.32. The van der Waals surface area contributed by atoms with E-state index in [-0.39, 0.29) is 12.1 Å². The van der Waals surface area contributed by atoms with Crippen molar-refractivity contribution in [3.63, 3.8) is 0 Å². The average Bonchev–Trinajstić information content (AvgIpc) is 3.06. The second kappa shape index (κ2) is 6.82. The summed E-state index contributed by atoms with van der Waals surface area (Å²) in [6.07, 6.45) is 5.35. The number of aliphatic hydroxyl groups is 1. The number of fused-ring (bicyclic) bond motifs is 1. The monoisotopic (exact) mass is 353 g/mol. The van der Waals surface area contributed by atoms with Gasteiger partial charge in [0.2, 0.25) is 5.96 Å². The van der Waals surface area contributed by atoms with E-state index in [0.29, 0.717) is 6.42 Å². The summed E-state index contributed by atoms with van der Waals surface area (Å²) >= 11 is 1.62. The first-order valence-corrected chi connectivity index (χ1v) is 9.27. The van der Waals surface area contributed by atoms with Crippen molar-refractivity contribution in [2.45, 2.75) is 31.4 Å². The number of rotatable bonds is 2. The molecule has 0 radical (unpaired) electrons. The van der Waals surface area contributed by atoms with Crippen LogP contribution >= 0.6 is 11.3 Å². The fourth-order valence-electron chi connectivity index (χ4n) is 3.25. The molecule has 25 heavy (non-hydrogen) atoms. The van der Waals surface area contributed by atoms with Crippen LogP contribution in [0.5, 0.6) is 0 Å². The molecule has 2 aliphatic rings. The van der Waals surface area contributed by atoms with Gasteiger partial charge in [-0.25, -0.2) is 9.98 Å². The zero-order chi connectivity index (χ0) is 17.2. The topological polar surface area (TPSA) is 75.8 Å². The number of hydrogen-bond acceptors (Lipinski definition) is 7. The lowest BCUT2D eigenvalue weighted by Gasteiger charge is -2.39. The van der Waals surface area contributed by atoms with Crippen LogP contribution < -0.4 is 4.90 Å². The number of aromatic nitrogens is 1. The molecule has 1 atom stereocenters. The SMILES string of the molecule is N#CCC1C=CN=C(N2CCC(O)CC2)N1c1nc2ccccc2s1. The number of likely N-dealkylation sites (tertiary alicyclic amines) is 1. The van der Waals surface area contributed by atoms with Crippen LogP contribution in [-0.2, 0) is 0 Å². The Labute approximate surface area is 150 Å². The maximum absolute atomic E-state index is 9.79. The summed E-state index contributed by atoms with van der Waals surface area (Å²) in [7, 11) is 0. The maximum Gasteiger partial charge on any atom is 0.208 e. The first-order valence-electron chi connectivity index (χ1n) is 8.45. The van der Waals surface area contributed by atoms with E-state index in [1.54, 1.807) is 17.5 Å². The number of aliphatic hydroxyl groups excluding tert-OH is 1. The van der Waals surface area contributed by atoms with Crippen molar-refractivity contribution in [1.29, 1.82) is 5.26 Å². The molecule has 0 saturated carbocycles. The molecule has 1 saturated heterocycles. The van der Waals surface area contributed by atoms with Crippen molar-refractivity contribution in [1.82, 2.24) is 9.88 Å². The third-order valence-electron chi connectivity index (χ3n) is 4.58. The molecular weight excluding hydrogens is 334 g/mol. The highest BCUT2D eigenvalue weighted by molar-refractivity contribution is 7.22. The number of anilines is 1. The highest BCUT2D eigenvalue weighted by Crippen LogP contribution is 2.33.